The molecule has 6 rings (SSSR count). The molecule has 2 bridgehead atoms. The van der Waals surface area contributed by atoms with Crippen LogP contribution in [0.25, 0.3) is 0 Å². The lowest BCUT2D eigenvalue weighted by Gasteiger charge is -2.51. The number of piperidine rings is 3. The number of hydrogen-bond acceptors (Lipinski definition) is 5. The lowest BCUT2D eigenvalue weighted by atomic mass is 9.75. The Bertz CT molecular complexity index is 1080. The van der Waals surface area contributed by atoms with Gasteiger partial charge in [0.2, 0.25) is 10.0 Å². The monoisotopic (exact) mass is 506 g/mol. The van der Waals surface area contributed by atoms with Crippen LogP contribution in [0.4, 0.5) is 10.1 Å². The van der Waals surface area contributed by atoms with E-state index in [2.05, 4.69) is 19.4 Å². The fourth-order valence-corrected chi connectivity index (χ4v) is 6.94. The first kappa shape index (κ1) is 24.0. The molecule has 0 aliphatic carbocycles. The molecule has 0 saturated carbocycles. The molecule has 0 amide bonds. The summed E-state index contributed by atoms with van der Waals surface area (Å²) in [6.45, 7) is 7.59. The Morgan fingerprint density at radius 2 is 1.68 bits per heavy atom. The fourth-order valence-electron chi connectivity index (χ4n) is 5.74. The number of nitrogens with one attached hydrogen (secondary N) is 1. The topological polar surface area (TPSA) is 55.9 Å². The molecule has 0 radical (unpaired) electrons. The van der Waals surface area contributed by atoms with Crippen LogP contribution >= 0.6 is 11.6 Å². The zero-order valence-corrected chi connectivity index (χ0v) is 20.8. The molecular weight excluding hydrogens is 475 g/mol. The Labute approximate surface area is 206 Å². The van der Waals surface area contributed by atoms with Gasteiger partial charge in [0, 0.05) is 62.6 Å². The summed E-state index contributed by atoms with van der Waals surface area (Å²) in [5.41, 5.74) is 1.09. The van der Waals surface area contributed by atoms with Crippen LogP contribution < -0.4 is 9.62 Å². The van der Waals surface area contributed by atoms with Gasteiger partial charge in [-0.15, -0.1) is 0 Å². The van der Waals surface area contributed by atoms with Gasteiger partial charge in [0.15, 0.2) is 0 Å². The summed E-state index contributed by atoms with van der Waals surface area (Å²) in [6.07, 6.45) is 2.24. The van der Waals surface area contributed by atoms with Crippen molar-refractivity contribution in [1.29, 1.82) is 0 Å². The normalized spacial score (nSPS) is 27.8. The third kappa shape index (κ3) is 5.41. The van der Waals surface area contributed by atoms with Crippen LogP contribution in [0.3, 0.4) is 0 Å². The van der Waals surface area contributed by atoms with Gasteiger partial charge in [-0.3, -0.25) is 9.80 Å². The van der Waals surface area contributed by atoms with E-state index in [-0.39, 0.29) is 16.8 Å². The van der Waals surface area contributed by atoms with E-state index in [1.165, 1.54) is 18.6 Å². The van der Waals surface area contributed by atoms with Gasteiger partial charge >= 0.3 is 0 Å². The van der Waals surface area contributed by atoms with Crippen molar-refractivity contribution in [1.82, 2.24) is 14.5 Å². The van der Waals surface area contributed by atoms with Gasteiger partial charge in [-0.05, 0) is 79.8 Å². The lowest BCUT2D eigenvalue weighted by molar-refractivity contribution is -0.0107. The minimum atomic E-state index is -3.53. The second-order valence-corrected chi connectivity index (χ2v) is 12.0. The van der Waals surface area contributed by atoms with Crippen LogP contribution in [0, 0.1) is 17.7 Å². The summed E-state index contributed by atoms with van der Waals surface area (Å²) in [4.78, 5) is 7.62. The third-order valence-corrected chi connectivity index (χ3v) is 9.40. The van der Waals surface area contributed by atoms with E-state index in [1.54, 1.807) is 24.3 Å². The Hall–Kier alpha value is -1.71. The van der Waals surface area contributed by atoms with Crippen molar-refractivity contribution in [3.8, 4) is 0 Å². The zero-order valence-electron chi connectivity index (χ0n) is 19.2. The van der Waals surface area contributed by atoms with Crippen molar-refractivity contribution in [2.75, 3.05) is 57.3 Å². The molecule has 0 aromatic heterocycles. The number of fused-ring (bicyclic) bond motifs is 3. The minimum absolute atomic E-state index is 0.194. The Morgan fingerprint density at radius 3 is 2.32 bits per heavy atom. The highest BCUT2D eigenvalue weighted by Gasteiger charge is 2.41. The number of nitrogens with zero attached hydrogens (tertiary/aromatic N) is 3. The quantitative estimate of drug-likeness (QED) is 0.624. The van der Waals surface area contributed by atoms with Gasteiger partial charge in [0.1, 0.15) is 5.82 Å². The van der Waals surface area contributed by atoms with E-state index < -0.39 is 10.0 Å². The standard InChI is InChI=1S/C25H32ClFN4O2S/c26-21-1-7-25(8-2-21)34(32,33)28-16-24-15-19-9-10-31(24)18-20(19)17-29-11-13-30(14-12-29)23-5-3-22(27)4-6-23/h1-8,19-20,24,28H,9-18H2/t19-,20-,24+/m0/s1. The summed E-state index contributed by atoms with van der Waals surface area (Å²) in [5, 5.41) is 0.526. The van der Waals surface area contributed by atoms with E-state index in [1.807, 2.05) is 12.1 Å². The van der Waals surface area contributed by atoms with Gasteiger partial charge in [-0.25, -0.2) is 17.5 Å². The maximum Gasteiger partial charge on any atom is 0.240 e. The van der Waals surface area contributed by atoms with Crippen molar-refractivity contribution >= 4 is 27.3 Å². The Kier molecular flexibility index (Phi) is 7.14. The predicted molar refractivity (Wildman–Crippen MR) is 133 cm³/mol. The van der Waals surface area contributed by atoms with Gasteiger partial charge in [0.05, 0.1) is 4.90 Å². The molecule has 4 heterocycles. The predicted octanol–water partition coefficient (Wildman–Crippen LogP) is 3.29. The summed E-state index contributed by atoms with van der Waals surface area (Å²) >= 11 is 5.89. The smallest absolute Gasteiger partial charge is 0.240 e. The zero-order chi connectivity index (χ0) is 23.7. The number of rotatable bonds is 7. The molecule has 2 aromatic rings. The molecule has 4 aliphatic heterocycles. The van der Waals surface area contributed by atoms with Crippen molar-refractivity contribution in [3.63, 3.8) is 0 Å². The molecule has 9 heteroatoms. The molecule has 1 N–H and O–H groups in total. The largest absolute Gasteiger partial charge is 0.369 e. The molecule has 4 fully saturated rings. The van der Waals surface area contributed by atoms with E-state index in [0.29, 0.717) is 23.4 Å². The number of sulfonamides is 1. The average Bonchev–Trinajstić information content (AvgIpc) is 2.85. The summed E-state index contributed by atoms with van der Waals surface area (Å²) in [5.74, 6) is 1.08. The summed E-state index contributed by atoms with van der Waals surface area (Å²) < 4.78 is 41.4. The van der Waals surface area contributed by atoms with E-state index in [4.69, 9.17) is 11.6 Å². The van der Waals surface area contributed by atoms with E-state index in [0.717, 1.165) is 57.9 Å². The number of hydrogen-bond donors (Lipinski definition) is 1. The first-order valence-corrected chi connectivity index (χ1v) is 14.0. The highest BCUT2D eigenvalue weighted by molar-refractivity contribution is 7.89. The van der Waals surface area contributed by atoms with Crippen molar-refractivity contribution in [2.24, 2.45) is 11.8 Å². The SMILES string of the molecule is O=S(=O)(NC[C@H]1C[C@@H]2CCN1C[C@@H]2CN1CCN(c2ccc(F)cc2)CC1)c1ccc(Cl)cc1. The number of benzene rings is 2. The summed E-state index contributed by atoms with van der Waals surface area (Å²) in [7, 11) is -3.53. The molecule has 4 aliphatic rings. The van der Waals surface area contributed by atoms with Crippen molar-refractivity contribution in [2.45, 2.75) is 23.8 Å². The molecule has 1 unspecified atom stereocenters. The number of piperazine rings is 1. The van der Waals surface area contributed by atoms with Crippen LogP contribution in [-0.2, 0) is 10.0 Å². The molecular formula is C25H32ClFN4O2S. The maximum atomic E-state index is 13.2. The second kappa shape index (κ2) is 10.1. The molecule has 0 spiro atoms. The highest BCUT2D eigenvalue weighted by atomic mass is 35.5. The highest BCUT2D eigenvalue weighted by Crippen LogP contribution is 2.37. The number of halogens is 2. The fraction of sp³-hybridized carbons (Fsp3) is 0.520. The van der Waals surface area contributed by atoms with Crippen LogP contribution in [0.5, 0.6) is 0 Å². The average molecular weight is 507 g/mol. The van der Waals surface area contributed by atoms with Gasteiger partial charge in [-0.2, -0.15) is 0 Å². The van der Waals surface area contributed by atoms with Crippen LogP contribution in [-0.4, -0.2) is 76.6 Å². The van der Waals surface area contributed by atoms with Gasteiger partial charge < -0.3 is 4.90 Å². The van der Waals surface area contributed by atoms with Gasteiger partial charge in [0.25, 0.3) is 0 Å². The molecule has 34 heavy (non-hydrogen) atoms. The van der Waals surface area contributed by atoms with Crippen LogP contribution in [0.15, 0.2) is 53.4 Å². The lowest BCUT2D eigenvalue weighted by Crippen LogP contribution is -2.59. The van der Waals surface area contributed by atoms with Crippen molar-refractivity contribution < 1.29 is 12.8 Å². The van der Waals surface area contributed by atoms with E-state index >= 15 is 0 Å². The third-order valence-electron chi connectivity index (χ3n) is 7.70. The van der Waals surface area contributed by atoms with Crippen LogP contribution in [0.2, 0.25) is 5.02 Å². The molecule has 4 saturated heterocycles. The van der Waals surface area contributed by atoms with Crippen molar-refractivity contribution in [3.05, 3.63) is 59.4 Å². The number of anilines is 1. The van der Waals surface area contributed by atoms with Crippen LogP contribution in [0.1, 0.15) is 12.8 Å². The second-order valence-electron chi connectivity index (χ2n) is 9.76. The van der Waals surface area contributed by atoms with Gasteiger partial charge in [-0.1, -0.05) is 11.6 Å². The minimum Gasteiger partial charge on any atom is -0.369 e. The molecule has 6 nitrogen and oxygen atoms in total. The molecule has 4 atom stereocenters. The Morgan fingerprint density at radius 1 is 0.971 bits per heavy atom. The Balaban J connectivity index is 1.10. The summed E-state index contributed by atoms with van der Waals surface area (Å²) in [6, 6.07) is 13.3. The molecule has 2 aromatic carbocycles. The first-order valence-electron chi connectivity index (χ1n) is 12.1. The first-order chi connectivity index (χ1) is 16.4. The maximum absolute atomic E-state index is 13.2. The molecule has 184 valence electrons. The van der Waals surface area contributed by atoms with E-state index in [9.17, 15) is 12.8 Å².